The fourth-order valence-corrected chi connectivity index (χ4v) is 1.48. The molecule has 0 bridgehead atoms. The third-order valence-electron chi connectivity index (χ3n) is 2.42. The standard InChI is InChI=1S/C13H18N2O3/c1-3-18-13(17)8-12(10(2)16)15-9-11-6-4-5-7-14-11/h4-7,12,15H,3,8-9H2,1-2H3. The molecular formula is C13H18N2O3. The number of nitrogens with one attached hydrogen (secondary N) is 1. The quantitative estimate of drug-likeness (QED) is 0.733. The number of esters is 1. The summed E-state index contributed by atoms with van der Waals surface area (Å²) in [7, 11) is 0. The highest BCUT2D eigenvalue weighted by molar-refractivity contribution is 5.86. The van der Waals surface area contributed by atoms with Gasteiger partial charge >= 0.3 is 5.97 Å². The first-order valence-corrected chi connectivity index (χ1v) is 5.92. The average Bonchev–Trinajstić information content (AvgIpc) is 2.35. The van der Waals surface area contributed by atoms with Crippen LogP contribution in [0, 0.1) is 0 Å². The first-order chi connectivity index (χ1) is 8.63. The van der Waals surface area contributed by atoms with Crippen LogP contribution in [0.15, 0.2) is 24.4 Å². The number of carbonyl (C=O) groups excluding carboxylic acids is 2. The molecule has 0 saturated heterocycles. The first-order valence-electron chi connectivity index (χ1n) is 5.92. The monoisotopic (exact) mass is 250 g/mol. The van der Waals surface area contributed by atoms with Gasteiger partial charge in [-0.2, -0.15) is 0 Å². The highest BCUT2D eigenvalue weighted by Crippen LogP contribution is 2.00. The van der Waals surface area contributed by atoms with Crippen LogP contribution in [-0.4, -0.2) is 29.4 Å². The predicted octanol–water partition coefficient (Wildman–Crippen LogP) is 1.08. The van der Waals surface area contributed by atoms with Crippen molar-refractivity contribution in [2.24, 2.45) is 0 Å². The Bertz CT molecular complexity index is 392. The summed E-state index contributed by atoms with van der Waals surface area (Å²) in [5.41, 5.74) is 0.826. The largest absolute Gasteiger partial charge is 0.466 e. The first kappa shape index (κ1) is 14.3. The molecule has 1 heterocycles. The van der Waals surface area contributed by atoms with Crippen LogP contribution in [0.25, 0.3) is 0 Å². The Morgan fingerprint density at radius 3 is 2.78 bits per heavy atom. The van der Waals surface area contributed by atoms with Gasteiger partial charge in [0.25, 0.3) is 0 Å². The van der Waals surface area contributed by atoms with Gasteiger partial charge in [-0.3, -0.25) is 14.6 Å². The van der Waals surface area contributed by atoms with E-state index in [0.717, 1.165) is 5.69 Å². The second-order valence-electron chi connectivity index (χ2n) is 3.87. The van der Waals surface area contributed by atoms with E-state index < -0.39 is 6.04 Å². The highest BCUT2D eigenvalue weighted by atomic mass is 16.5. The number of aromatic nitrogens is 1. The number of carbonyl (C=O) groups is 2. The molecule has 1 aromatic rings. The number of hydrogen-bond donors (Lipinski definition) is 1. The summed E-state index contributed by atoms with van der Waals surface area (Å²) in [6.07, 6.45) is 1.74. The summed E-state index contributed by atoms with van der Waals surface area (Å²) in [6.45, 7) is 3.96. The lowest BCUT2D eigenvalue weighted by Gasteiger charge is -2.14. The summed E-state index contributed by atoms with van der Waals surface area (Å²) >= 11 is 0. The minimum Gasteiger partial charge on any atom is -0.466 e. The van der Waals surface area contributed by atoms with Crippen molar-refractivity contribution in [2.75, 3.05) is 6.61 Å². The lowest BCUT2D eigenvalue weighted by molar-refractivity contribution is -0.145. The lowest BCUT2D eigenvalue weighted by atomic mass is 10.1. The average molecular weight is 250 g/mol. The number of nitrogens with zero attached hydrogens (tertiary/aromatic N) is 1. The van der Waals surface area contributed by atoms with Crippen molar-refractivity contribution in [3.63, 3.8) is 0 Å². The van der Waals surface area contributed by atoms with E-state index >= 15 is 0 Å². The molecule has 1 atom stereocenters. The molecule has 5 nitrogen and oxygen atoms in total. The van der Waals surface area contributed by atoms with Crippen LogP contribution in [0.5, 0.6) is 0 Å². The van der Waals surface area contributed by atoms with Gasteiger partial charge in [0.2, 0.25) is 0 Å². The summed E-state index contributed by atoms with van der Waals surface area (Å²) in [4.78, 5) is 26.9. The Labute approximate surface area is 107 Å². The molecule has 5 heteroatoms. The van der Waals surface area contributed by atoms with E-state index in [0.29, 0.717) is 13.2 Å². The van der Waals surface area contributed by atoms with Crippen molar-refractivity contribution in [1.29, 1.82) is 0 Å². The Morgan fingerprint density at radius 1 is 1.44 bits per heavy atom. The third kappa shape index (κ3) is 5.05. The maximum absolute atomic E-state index is 11.4. The zero-order valence-corrected chi connectivity index (χ0v) is 10.7. The predicted molar refractivity (Wildman–Crippen MR) is 66.8 cm³/mol. The minimum atomic E-state index is -0.522. The van der Waals surface area contributed by atoms with E-state index in [2.05, 4.69) is 10.3 Å². The van der Waals surface area contributed by atoms with Crippen LogP contribution in [0.3, 0.4) is 0 Å². The molecule has 0 amide bonds. The Hall–Kier alpha value is -1.75. The van der Waals surface area contributed by atoms with Crippen LogP contribution in [-0.2, 0) is 20.9 Å². The number of pyridine rings is 1. The fourth-order valence-electron chi connectivity index (χ4n) is 1.48. The molecule has 0 spiro atoms. The minimum absolute atomic E-state index is 0.0516. The lowest BCUT2D eigenvalue weighted by Crippen LogP contribution is -2.37. The topological polar surface area (TPSA) is 68.3 Å². The number of rotatable bonds is 7. The van der Waals surface area contributed by atoms with Crippen molar-refractivity contribution in [3.8, 4) is 0 Å². The van der Waals surface area contributed by atoms with Crippen LogP contribution >= 0.6 is 0 Å². The van der Waals surface area contributed by atoms with Gasteiger partial charge in [0, 0.05) is 12.7 Å². The molecule has 18 heavy (non-hydrogen) atoms. The van der Waals surface area contributed by atoms with E-state index in [-0.39, 0.29) is 18.2 Å². The molecule has 1 rings (SSSR count). The van der Waals surface area contributed by atoms with E-state index in [9.17, 15) is 9.59 Å². The van der Waals surface area contributed by atoms with Gasteiger partial charge in [0.05, 0.1) is 24.8 Å². The number of hydrogen-bond acceptors (Lipinski definition) is 5. The summed E-state index contributed by atoms with van der Waals surface area (Å²) < 4.78 is 4.83. The van der Waals surface area contributed by atoms with Gasteiger partial charge in [0.15, 0.2) is 0 Å². The fraction of sp³-hybridized carbons (Fsp3) is 0.462. The maximum atomic E-state index is 11.4. The normalized spacial score (nSPS) is 11.9. The highest BCUT2D eigenvalue weighted by Gasteiger charge is 2.18. The zero-order valence-electron chi connectivity index (χ0n) is 10.7. The van der Waals surface area contributed by atoms with Gasteiger partial charge in [-0.15, -0.1) is 0 Å². The van der Waals surface area contributed by atoms with Gasteiger partial charge in [-0.1, -0.05) is 6.07 Å². The van der Waals surface area contributed by atoms with E-state index in [1.807, 2.05) is 18.2 Å². The van der Waals surface area contributed by atoms with E-state index in [1.54, 1.807) is 13.1 Å². The molecular weight excluding hydrogens is 232 g/mol. The molecule has 0 saturated carbocycles. The molecule has 0 fully saturated rings. The molecule has 0 aliphatic rings. The van der Waals surface area contributed by atoms with E-state index in [4.69, 9.17) is 4.74 Å². The molecule has 0 aliphatic heterocycles. The Kier molecular flexibility index (Phi) is 6.00. The Balaban J connectivity index is 2.48. The molecule has 98 valence electrons. The van der Waals surface area contributed by atoms with Crippen LogP contribution < -0.4 is 5.32 Å². The van der Waals surface area contributed by atoms with Crippen LogP contribution in [0.4, 0.5) is 0 Å². The SMILES string of the molecule is CCOC(=O)CC(NCc1ccccn1)C(C)=O. The van der Waals surface area contributed by atoms with Gasteiger partial charge in [-0.05, 0) is 26.0 Å². The Morgan fingerprint density at radius 2 is 2.22 bits per heavy atom. The molecule has 0 radical (unpaired) electrons. The second kappa shape index (κ2) is 7.55. The van der Waals surface area contributed by atoms with Crippen LogP contribution in [0.2, 0.25) is 0 Å². The molecule has 1 N–H and O–H groups in total. The molecule has 0 aliphatic carbocycles. The van der Waals surface area contributed by atoms with E-state index in [1.165, 1.54) is 6.92 Å². The molecule has 1 unspecified atom stereocenters. The van der Waals surface area contributed by atoms with Crippen molar-refractivity contribution < 1.29 is 14.3 Å². The van der Waals surface area contributed by atoms with Crippen molar-refractivity contribution in [3.05, 3.63) is 30.1 Å². The number of Topliss-reactive ketones (excluding diaryl/α,β-unsaturated/α-hetero) is 1. The van der Waals surface area contributed by atoms with Crippen LogP contribution in [0.1, 0.15) is 26.0 Å². The number of ether oxygens (including phenoxy) is 1. The molecule has 0 aromatic carbocycles. The van der Waals surface area contributed by atoms with Gasteiger partial charge < -0.3 is 10.1 Å². The summed E-state index contributed by atoms with van der Waals surface area (Å²) in [5, 5.41) is 3.01. The van der Waals surface area contributed by atoms with Crippen molar-refractivity contribution in [1.82, 2.24) is 10.3 Å². The third-order valence-corrected chi connectivity index (χ3v) is 2.42. The zero-order chi connectivity index (χ0) is 13.4. The second-order valence-corrected chi connectivity index (χ2v) is 3.87. The maximum Gasteiger partial charge on any atom is 0.307 e. The van der Waals surface area contributed by atoms with Crippen molar-refractivity contribution >= 4 is 11.8 Å². The van der Waals surface area contributed by atoms with Gasteiger partial charge in [0.1, 0.15) is 5.78 Å². The smallest absolute Gasteiger partial charge is 0.307 e. The summed E-state index contributed by atoms with van der Waals surface area (Å²) in [6, 6.07) is 5.03. The summed E-state index contributed by atoms with van der Waals surface area (Å²) in [5.74, 6) is -0.454. The molecule has 1 aromatic heterocycles. The number of ketones is 1. The van der Waals surface area contributed by atoms with Crippen molar-refractivity contribution in [2.45, 2.75) is 32.9 Å². The van der Waals surface area contributed by atoms with Gasteiger partial charge in [-0.25, -0.2) is 0 Å².